The first-order chi connectivity index (χ1) is 33.1. The normalized spacial score (nSPS) is 36.5. The standard InChI is InChI=1S/C43H68N6O19S/c1-20(53)47-30-33(57)37(67-42-36(60)38(32(56)25(17-51)65-42)68-41-35(59)34(58)31(55)24(16-50)64-41)26(18-52)66-40(30)63-13-5-10-44-15-21-6-4-7-22(14-21)39(61)46-12-11-45-28(54)9-3-2-8-27-29-23(19-69-27)48-43(62)49-29/h4,6-7,14,23-27,29-38,40-42,44,50-52,55-60H,2-3,5,8-13,15-19H2,1H3,(H,45,54)(H,46,61)(H,47,53)(H2,48,49,62)/t23-,24?,25?,26?,27-,29-,30?,31-,32-,33?,34?,35?,36-,37+,38?,40+,41+,42-/m0/s1. The summed E-state index contributed by atoms with van der Waals surface area (Å²) in [7, 11) is 0. The zero-order chi connectivity index (χ0) is 49.8. The maximum absolute atomic E-state index is 12.9. The highest BCUT2D eigenvalue weighted by Crippen LogP contribution is 2.34. The molecule has 0 aromatic heterocycles. The molecule has 26 heteroatoms. The Bertz CT molecular complexity index is 1830. The van der Waals surface area contributed by atoms with Crippen LogP contribution in [0.25, 0.3) is 0 Å². The van der Waals surface area contributed by atoms with Crippen molar-refractivity contribution < 1.29 is 93.6 Å². The molecule has 0 aliphatic carbocycles. The monoisotopic (exact) mass is 1000 g/mol. The van der Waals surface area contributed by atoms with Crippen LogP contribution >= 0.6 is 11.8 Å². The smallest absolute Gasteiger partial charge is 0.315 e. The van der Waals surface area contributed by atoms with Crippen molar-refractivity contribution in [2.24, 2.45) is 0 Å². The summed E-state index contributed by atoms with van der Waals surface area (Å²) in [6.45, 7) is 0.233. The third-order valence-corrected chi connectivity index (χ3v) is 14.1. The van der Waals surface area contributed by atoms with E-state index in [4.69, 9.17) is 28.4 Å². The van der Waals surface area contributed by atoms with Gasteiger partial charge in [-0.2, -0.15) is 11.8 Å². The number of nitrogens with one attached hydrogen (secondary N) is 6. The molecule has 390 valence electrons. The van der Waals surface area contributed by atoms with Crippen LogP contribution in [-0.4, -0.2) is 231 Å². The van der Waals surface area contributed by atoms with Gasteiger partial charge in [0.25, 0.3) is 5.91 Å². The van der Waals surface area contributed by atoms with Crippen LogP contribution in [0.3, 0.4) is 0 Å². The fourth-order valence-electron chi connectivity index (χ4n) is 8.88. The van der Waals surface area contributed by atoms with Crippen molar-refractivity contribution in [3.05, 3.63) is 35.4 Å². The first-order valence-corrected chi connectivity index (χ1v) is 24.3. The number of carbonyl (C=O) groups excluding carboxylic acids is 4. The van der Waals surface area contributed by atoms with Gasteiger partial charge in [-0.1, -0.05) is 18.6 Å². The van der Waals surface area contributed by atoms with Crippen LogP contribution < -0.4 is 31.9 Å². The molecular weight excluding hydrogens is 937 g/mol. The van der Waals surface area contributed by atoms with Crippen LogP contribution in [0.2, 0.25) is 0 Å². The van der Waals surface area contributed by atoms with E-state index in [9.17, 15) is 65.1 Å². The third-order valence-electron chi connectivity index (χ3n) is 12.6. The van der Waals surface area contributed by atoms with E-state index in [-0.39, 0.29) is 49.6 Å². The molecule has 18 atom stereocenters. The summed E-state index contributed by atoms with van der Waals surface area (Å²) >= 11 is 1.84. The zero-order valence-electron chi connectivity index (χ0n) is 38.1. The molecule has 15 N–H and O–H groups in total. The van der Waals surface area contributed by atoms with Crippen LogP contribution in [0, 0.1) is 0 Å². The molecule has 0 saturated carbocycles. The van der Waals surface area contributed by atoms with Gasteiger partial charge < -0.3 is 106 Å². The number of urea groups is 1. The van der Waals surface area contributed by atoms with E-state index in [0.717, 1.165) is 30.6 Å². The van der Waals surface area contributed by atoms with Crippen molar-refractivity contribution in [2.45, 2.75) is 155 Å². The molecular formula is C43H68N6O19S. The highest BCUT2D eigenvalue weighted by Gasteiger charge is 2.54. The second-order valence-electron chi connectivity index (χ2n) is 17.6. The highest BCUT2D eigenvalue weighted by atomic mass is 32.2. The number of rotatable bonds is 24. The lowest BCUT2D eigenvalue weighted by Crippen LogP contribution is -2.68. The largest absolute Gasteiger partial charge is 0.394 e. The number of carbonyl (C=O) groups is 4. The van der Waals surface area contributed by atoms with E-state index in [1.54, 1.807) is 18.2 Å². The van der Waals surface area contributed by atoms with E-state index < -0.39 is 118 Å². The molecule has 5 aliphatic heterocycles. The van der Waals surface area contributed by atoms with Crippen molar-refractivity contribution in [2.75, 3.05) is 51.8 Å². The number of ether oxygens (including phenoxy) is 6. The Kier molecular flexibility index (Phi) is 21.0. The number of fused-ring (bicyclic) bond motifs is 1. The molecule has 0 spiro atoms. The van der Waals surface area contributed by atoms with Crippen LogP contribution in [0.15, 0.2) is 24.3 Å². The second-order valence-corrected chi connectivity index (χ2v) is 18.9. The Morgan fingerprint density at radius 2 is 1.43 bits per heavy atom. The first-order valence-electron chi connectivity index (χ1n) is 23.2. The maximum atomic E-state index is 12.9. The predicted molar refractivity (Wildman–Crippen MR) is 239 cm³/mol. The van der Waals surface area contributed by atoms with Crippen molar-refractivity contribution in [1.29, 1.82) is 0 Å². The van der Waals surface area contributed by atoms with Gasteiger partial charge >= 0.3 is 6.03 Å². The predicted octanol–water partition coefficient (Wildman–Crippen LogP) is -5.65. The van der Waals surface area contributed by atoms with Gasteiger partial charge in [0.2, 0.25) is 11.8 Å². The summed E-state index contributed by atoms with van der Waals surface area (Å²) in [4.78, 5) is 49.1. The molecule has 0 bridgehead atoms. The minimum atomic E-state index is -1.95. The van der Waals surface area contributed by atoms with Gasteiger partial charge in [-0.05, 0) is 43.5 Å². The highest BCUT2D eigenvalue weighted by molar-refractivity contribution is 8.00. The minimum absolute atomic E-state index is 0.0554. The third kappa shape index (κ3) is 14.4. The molecule has 0 radical (unpaired) electrons. The van der Waals surface area contributed by atoms with E-state index >= 15 is 0 Å². The average molecular weight is 1010 g/mol. The van der Waals surface area contributed by atoms with Gasteiger partial charge in [-0.3, -0.25) is 14.4 Å². The Hall–Kier alpha value is -3.39. The number of benzene rings is 1. The molecule has 1 aromatic rings. The summed E-state index contributed by atoms with van der Waals surface area (Å²) in [5.74, 6) is -0.0667. The molecule has 5 amide bonds. The van der Waals surface area contributed by atoms with Crippen LogP contribution in [0.1, 0.15) is 54.9 Å². The summed E-state index contributed by atoms with van der Waals surface area (Å²) in [6.07, 6.45) is -20.0. The SMILES string of the molecule is CC(=O)NC1C(O)[C@H](O[C@@H]2OC(CO)[C@H](O)C(O[C@H]3OC(CO)[C@H](O)C(O)C3O)[C@@H]2O)C(CO)O[C@H]1OCCCNCc1cccc(C(=O)NCCNC(=O)CCCC[C@@H]2SC[C@@H]3NC(=O)N[C@@H]32)c1. The van der Waals surface area contributed by atoms with Gasteiger partial charge in [-0.15, -0.1) is 0 Å². The Balaban J connectivity index is 0.909. The molecule has 6 rings (SSSR count). The van der Waals surface area contributed by atoms with Crippen LogP contribution in [-0.2, 0) is 44.6 Å². The lowest BCUT2D eigenvalue weighted by atomic mass is 9.95. The molecule has 5 heterocycles. The zero-order valence-corrected chi connectivity index (χ0v) is 38.9. The van der Waals surface area contributed by atoms with E-state index in [1.165, 1.54) is 6.92 Å². The molecule has 8 unspecified atom stereocenters. The van der Waals surface area contributed by atoms with Crippen LogP contribution in [0.4, 0.5) is 4.79 Å². The van der Waals surface area contributed by atoms with Gasteiger partial charge in [0, 0.05) is 49.5 Å². The number of unbranched alkanes of at least 4 members (excludes halogenated alkanes) is 1. The van der Waals surface area contributed by atoms with Gasteiger partial charge in [0.05, 0.1) is 38.5 Å². The topological polar surface area (TPSA) is 378 Å². The first kappa shape index (κ1) is 54.9. The van der Waals surface area contributed by atoms with Crippen molar-refractivity contribution in [3.63, 3.8) is 0 Å². The number of hydrogen-bond acceptors (Lipinski definition) is 21. The summed E-state index contributed by atoms with van der Waals surface area (Å²) < 4.78 is 34.3. The summed E-state index contributed by atoms with van der Waals surface area (Å²) in [6, 6.07) is 5.96. The number of aliphatic hydroxyl groups excluding tert-OH is 9. The number of hydrogen-bond donors (Lipinski definition) is 15. The Labute approximate surface area is 402 Å². The fourth-order valence-corrected chi connectivity index (χ4v) is 10.4. The lowest BCUT2D eigenvalue weighted by molar-refractivity contribution is -0.376. The van der Waals surface area contributed by atoms with Crippen molar-refractivity contribution in [1.82, 2.24) is 31.9 Å². The second kappa shape index (κ2) is 26.3. The Morgan fingerprint density at radius 3 is 2.16 bits per heavy atom. The molecule has 5 saturated heterocycles. The molecule has 69 heavy (non-hydrogen) atoms. The van der Waals surface area contributed by atoms with Crippen molar-refractivity contribution in [3.8, 4) is 0 Å². The average Bonchev–Trinajstić information content (AvgIpc) is 3.90. The lowest BCUT2D eigenvalue weighted by Gasteiger charge is -2.48. The molecule has 1 aromatic carbocycles. The minimum Gasteiger partial charge on any atom is -0.394 e. The molecule has 25 nitrogen and oxygen atoms in total. The van der Waals surface area contributed by atoms with Gasteiger partial charge in [-0.25, -0.2) is 4.79 Å². The van der Waals surface area contributed by atoms with E-state index in [1.807, 2.05) is 17.8 Å². The van der Waals surface area contributed by atoms with Gasteiger partial charge in [0.15, 0.2) is 18.9 Å². The molecule has 5 aliphatic rings. The fraction of sp³-hybridized carbons (Fsp3) is 0.767. The summed E-state index contributed by atoms with van der Waals surface area (Å²) in [5.41, 5.74) is 1.27. The van der Waals surface area contributed by atoms with E-state index in [0.29, 0.717) is 36.7 Å². The van der Waals surface area contributed by atoms with Crippen LogP contribution in [0.5, 0.6) is 0 Å². The van der Waals surface area contributed by atoms with Crippen molar-refractivity contribution >= 4 is 35.5 Å². The molecule has 5 fully saturated rings. The maximum Gasteiger partial charge on any atom is 0.315 e. The Morgan fingerprint density at radius 1 is 0.754 bits per heavy atom. The summed E-state index contributed by atoms with van der Waals surface area (Å²) in [5, 5.41) is 112. The van der Waals surface area contributed by atoms with Gasteiger partial charge in [0.1, 0.15) is 73.2 Å². The number of thioether (sulfide) groups is 1. The quantitative estimate of drug-likeness (QED) is 0.0339. The van der Waals surface area contributed by atoms with E-state index in [2.05, 4.69) is 31.9 Å². The number of aliphatic hydroxyl groups is 9. The number of amides is 5.